The number of carbonyl (C=O) groups is 2. The van der Waals surface area contributed by atoms with Crippen LogP contribution in [0.2, 0.25) is 5.02 Å². The SMILES string of the molecule is CC(C(=O)Nc1ccc(C2NOC(=O)N2)cc1)n1ccc(-c2cc(Cl)ccc2C#N)cc1=O. The van der Waals surface area contributed by atoms with E-state index in [0.717, 1.165) is 5.56 Å². The summed E-state index contributed by atoms with van der Waals surface area (Å²) in [5, 5.41) is 15.1. The molecular formula is C23H18ClN5O4. The number of anilines is 1. The molecule has 0 spiro atoms. The molecule has 0 radical (unpaired) electrons. The average molecular weight is 464 g/mol. The highest BCUT2D eigenvalue weighted by Gasteiger charge is 2.23. The van der Waals surface area contributed by atoms with Gasteiger partial charge in [0.1, 0.15) is 12.2 Å². The second-order valence-electron chi connectivity index (χ2n) is 7.33. The van der Waals surface area contributed by atoms with Crippen LogP contribution in [0.25, 0.3) is 11.1 Å². The number of nitrogens with one attached hydrogen (secondary N) is 3. The van der Waals surface area contributed by atoms with Crippen LogP contribution in [0.5, 0.6) is 0 Å². The zero-order valence-electron chi connectivity index (χ0n) is 17.3. The molecule has 0 aliphatic carbocycles. The Labute approximate surface area is 193 Å². The van der Waals surface area contributed by atoms with Gasteiger partial charge in [0.25, 0.3) is 5.56 Å². The molecule has 4 rings (SSSR count). The first kappa shape index (κ1) is 22.1. The van der Waals surface area contributed by atoms with Crippen molar-refractivity contribution in [3.63, 3.8) is 0 Å². The van der Waals surface area contributed by atoms with Crippen molar-refractivity contribution in [2.24, 2.45) is 0 Å². The van der Waals surface area contributed by atoms with E-state index in [2.05, 4.69) is 27.0 Å². The van der Waals surface area contributed by atoms with Crippen LogP contribution in [0.1, 0.15) is 30.3 Å². The van der Waals surface area contributed by atoms with Crippen molar-refractivity contribution in [2.45, 2.75) is 19.1 Å². The molecule has 3 N–H and O–H groups in total. The van der Waals surface area contributed by atoms with Crippen LogP contribution in [0, 0.1) is 11.3 Å². The van der Waals surface area contributed by atoms with E-state index in [9.17, 15) is 19.6 Å². The van der Waals surface area contributed by atoms with E-state index in [4.69, 9.17) is 11.6 Å². The summed E-state index contributed by atoms with van der Waals surface area (Å²) >= 11 is 6.04. The highest BCUT2D eigenvalue weighted by atomic mass is 35.5. The van der Waals surface area contributed by atoms with Crippen molar-refractivity contribution in [3.8, 4) is 17.2 Å². The fourth-order valence-electron chi connectivity index (χ4n) is 3.40. The minimum absolute atomic E-state index is 0.381. The Bertz CT molecular complexity index is 1330. The van der Waals surface area contributed by atoms with Crippen LogP contribution in [-0.2, 0) is 9.63 Å². The maximum Gasteiger partial charge on any atom is 0.427 e. The highest BCUT2D eigenvalue weighted by Crippen LogP contribution is 2.26. The van der Waals surface area contributed by atoms with Gasteiger partial charge in [-0.1, -0.05) is 23.7 Å². The van der Waals surface area contributed by atoms with E-state index in [0.29, 0.717) is 27.4 Å². The van der Waals surface area contributed by atoms with Crippen molar-refractivity contribution < 1.29 is 14.4 Å². The fraction of sp³-hybridized carbons (Fsp3) is 0.130. The molecule has 1 saturated heterocycles. The predicted octanol–water partition coefficient (Wildman–Crippen LogP) is 3.48. The Morgan fingerprint density at radius 1 is 1.18 bits per heavy atom. The number of halogens is 1. The Morgan fingerprint density at radius 3 is 2.58 bits per heavy atom. The van der Waals surface area contributed by atoms with Crippen molar-refractivity contribution in [3.05, 3.63) is 87.3 Å². The third-order valence-electron chi connectivity index (χ3n) is 5.20. The second-order valence-corrected chi connectivity index (χ2v) is 7.77. The van der Waals surface area contributed by atoms with Crippen molar-refractivity contribution in [1.29, 1.82) is 5.26 Å². The predicted molar refractivity (Wildman–Crippen MR) is 121 cm³/mol. The van der Waals surface area contributed by atoms with Crippen LogP contribution >= 0.6 is 11.6 Å². The molecule has 1 aliphatic rings. The zero-order valence-corrected chi connectivity index (χ0v) is 18.1. The van der Waals surface area contributed by atoms with E-state index in [-0.39, 0.29) is 5.91 Å². The third kappa shape index (κ3) is 4.72. The van der Waals surface area contributed by atoms with Gasteiger partial charge in [-0.25, -0.2) is 4.79 Å². The number of pyridine rings is 1. The number of benzene rings is 2. The maximum atomic E-state index is 12.7. The fourth-order valence-corrected chi connectivity index (χ4v) is 3.57. The van der Waals surface area contributed by atoms with Crippen LogP contribution in [0.4, 0.5) is 10.5 Å². The van der Waals surface area contributed by atoms with Crippen LogP contribution in [0.3, 0.4) is 0 Å². The summed E-state index contributed by atoms with van der Waals surface area (Å²) < 4.78 is 1.30. The highest BCUT2D eigenvalue weighted by molar-refractivity contribution is 6.30. The van der Waals surface area contributed by atoms with E-state index in [1.807, 2.05) is 0 Å². The molecule has 10 heteroatoms. The van der Waals surface area contributed by atoms with Crippen LogP contribution in [-0.4, -0.2) is 16.6 Å². The van der Waals surface area contributed by atoms with E-state index in [1.54, 1.807) is 55.5 Å². The van der Waals surface area contributed by atoms with Crippen LogP contribution < -0.4 is 21.7 Å². The van der Waals surface area contributed by atoms with E-state index in [1.165, 1.54) is 16.8 Å². The summed E-state index contributed by atoms with van der Waals surface area (Å²) in [4.78, 5) is 41.2. The lowest BCUT2D eigenvalue weighted by Gasteiger charge is -2.16. The summed E-state index contributed by atoms with van der Waals surface area (Å²) in [5.74, 6) is -0.381. The molecule has 33 heavy (non-hydrogen) atoms. The molecule has 9 nitrogen and oxygen atoms in total. The molecule has 2 aromatic carbocycles. The number of nitriles is 1. The largest absolute Gasteiger partial charge is 0.427 e. The van der Waals surface area contributed by atoms with Crippen molar-refractivity contribution >= 4 is 29.3 Å². The molecule has 1 fully saturated rings. The standard InChI is InChI=1S/C23H18ClN5O4/c1-13(22(31)26-18-6-3-14(4-7-18)21-27-23(32)33-28-21)29-9-8-15(10-20(29)30)19-11-17(24)5-2-16(19)12-25/h2-11,13,21,28H,1H3,(H,26,31)(H,27,32). The summed E-state index contributed by atoms with van der Waals surface area (Å²) in [6.07, 6.45) is 0.475. The average Bonchev–Trinajstić information content (AvgIpc) is 3.25. The van der Waals surface area contributed by atoms with Gasteiger partial charge in [0.2, 0.25) is 5.91 Å². The number of rotatable bonds is 5. The van der Waals surface area contributed by atoms with Crippen LogP contribution in [0.15, 0.2) is 65.6 Å². The van der Waals surface area contributed by atoms with Gasteiger partial charge in [-0.3, -0.25) is 14.9 Å². The van der Waals surface area contributed by atoms with Crippen molar-refractivity contribution in [2.75, 3.05) is 5.32 Å². The quantitative estimate of drug-likeness (QED) is 0.532. The molecule has 2 unspecified atom stereocenters. The third-order valence-corrected chi connectivity index (χ3v) is 5.44. The minimum Gasteiger partial charge on any atom is -0.351 e. The monoisotopic (exact) mass is 463 g/mol. The molecule has 2 amide bonds. The second kappa shape index (κ2) is 9.16. The zero-order chi connectivity index (χ0) is 23.5. The van der Waals surface area contributed by atoms with Gasteiger partial charge in [0.15, 0.2) is 0 Å². The van der Waals surface area contributed by atoms with Gasteiger partial charge >= 0.3 is 6.09 Å². The van der Waals surface area contributed by atoms with Gasteiger partial charge < -0.3 is 14.7 Å². The topological polar surface area (TPSA) is 125 Å². The first-order valence-corrected chi connectivity index (χ1v) is 10.3. The molecule has 3 aromatic rings. The van der Waals surface area contributed by atoms with E-state index >= 15 is 0 Å². The Morgan fingerprint density at radius 2 is 1.94 bits per heavy atom. The molecular weight excluding hydrogens is 446 g/mol. The summed E-state index contributed by atoms with van der Waals surface area (Å²) in [6, 6.07) is 16.0. The maximum absolute atomic E-state index is 12.7. The smallest absolute Gasteiger partial charge is 0.351 e. The number of nitrogens with zero attached hydrogens (tertiary/aromatic N) is 2. The summed E-state index contributed by atoms with van der Waals surface area (Å²) in [7, 11) is 0. The Hall–Kier alpha value is -4.13. The first-order valence-electron chi connectivity index (χ1n) is 9.91. The lowest BCUT2D eigenvalue weighted by Crippen LogP contribution is -2.31. The normalized spacial score (nSPS) is 15.8. The van der Waals surface area contributed by atoms with Gasteiger partial charge in [-0.05, 0) is 54.4 Å². The lowest BCUT2D eigenvalue weighted by atomic mass is 10.0. The van der Waals surface area contributed by atoms with E-state index < -0.39 is 23.9 Å². The Balaban J connectivity index is 1.49. The number of hydrogen-bond donors (Lipinski definition) is 3. The summed E-state index contributed by atoms with van der Waals surface area (Å²) in [6.45, 7) is 1.61. The van der Waals surface area contributed by atoms with Crippen molar-refractivity contribution in [1.82, 2.24) is 15.4 Å². The number of hydrogen-bond acceptors (Lipinski definition) is 6. The van der Waals surface area contributed by atoms with Gasteiger partial charge in [-0.2, -0.15) is 5.26 Å². The molecule has 0 bridgehead atoms. The van der Waals surface area contributed by atoms with Gasteiger partial charge in [0.05, 0.1) is 11.6 Å². The molecule has 1 aliphatic heterocycles. The lowest BCUT2D eigenvalue weighted by molar-refractivity contribution is -0.118. The number of amides is 2. The van der Waals surface area contributed by atoms with Gasteiger partial charge in [-0.15, -0.1) is 5.48 Å². The first-order chi connectivity index (χ1) is 15.9. The molecule has 1 aromatic heterocycles. The molecule has 2 heterocycles. The van der Waals surface area contributed by atoms with Gasteiger partial charge in [0, 0.05) is 28.5 Å². The molecule has 166 valence electrons. The minimum atomic E-state index is -0.787. The number of aromatic nitrogens is 1. The number of carbonyl (C=O) groups excluding carboxylic acids is 2. The Kier molecular flexibility index (Phi) is 6.13. The molecule has 0 saturated carbocycles. The number of hydroxylamine groups is 1. The summed E-state index contributed by atoms with van der Waals surface area (Å²) in [5.41, 5.74) is 4.91. The molecule has 2 atom stereocenters.